The van der Waals surface area contributed by atoms with Crippen LogP contribution in [0.5, 0.6) is 0 Å². The van der Waals surface area contributed by atoms with Gasteiger partial charge in [0.1, 0.15) is 0 Å². The summed E-state index contributed by atoms with van der Waals surface area (Å²) in [6.45, 7) is 0.817. The van der Waals surface area contributed by atoms with Crippen LogP contribution in [0, 0.1) is 0 Å². The van der Waals surface area contributed by atoms with Gasteiger partial charge in [-0.2, -0.15) is 0 Å². The Bertz CT molecular complexity index is 451. The Morgan fingerprint density at radius 2 is 2.20 bits per heavy atom. The molecule has 1 aromatic heterocycles. The SMILES string of the molecule is CNc1nccn1Cc1ccccc1Br. The van der Waals surface area contributed by atoms with Crippen molar-refractivity contribution in [2.45, 2.75) is 6.54 Å². The Kier molecular flexibility index (Phi) is 3.06. The summed E-state index contributed by atoms with van der Waals surface area (Å²) in [5.74, 6) is 0.880. The van der Waals surface area contributed by atoms with Gasteiger partial charge in [0.15, 0.2) is 0 Å². The Morgan fingerprint density at radius 3 is 2.93 bits per heavy atom. The van der Waals surface area contributed by atoms with Gasteiger partial charge in [0.2, 0.25) is 5.95 Å². The zero-order chi connectivity index (χ0) is 10.7. The largest absolute Gasteiger partial charge is 0.359 e. The third-order valence-corrected chi connectivity index (χ3v) is 3.01. The lowest BCUT2D eigenvalue weighted by Gasteiger charge is -2.08. The number of anilines is 1. The molecule has 0 saturated carbocycles. The number of nitrogens with zero attached hydrogens (tertiary/aromatic N) is 2. The highest BCUT2D eigenvalue weighted by atomic mass is 79.9. The predicted octanol–water partition coefficient (Wildman–Crippen LogP) is 2.74. The van der Waals surface area contributed by atoms with E-state index in [1.54, 1.807) is 6.20 Å². The fourth-order valence-electron chi connectivity index (χ4n) is 1.48. The summed E-state index contributed by atoms with van der Waals surface area (Å²) in [5.41, 5.74) is 1.24. The monoisotopic (exact) mass is 265 g/mol. The molecule has 1 N–H and O–H groups in total. The van der Waals surface area contributed by atoms with Crippen LogP contribution in [0.1, 0.15) is 5.56 Å². The van der Waals surface area contributed by atoms with E-state index in [-0.39, 0.29) is 0 Å². The number of halogens is 1. The molecule has 0 spiro atoms. The Labute approximate surface area is 97.3 Å². The summed E-state index contributed by atoms with van der Waals surface area (Å²) in [4.78, 5) is 4.20. The normalized spacial score (nSPS) is 10.3. The zero-order valence-electron chi connectivity index (χ0n) is 8.44. The summed E-state index contributed by atoms with van der Waals surface area (Å²) < 4.78 is 3.20. The van der Waals surface area contributed by atoms with E-state index < -0.39 is 0 Å². The van der Waals surface area contributed by atoms with Crippen molar-refractivity contribution in [3.8, 4) is 0 Å². The molecule has 1 heterocycles. The standard InChI is InChI=1S/C11H12BrN3/c1-13-11-14-6-7-15(11)8-9-4-2-3-5-10(9)12/h2-7H,8H2,1H3,(H,13,14). The number of aromatic nitrogens is 2. The van der Waals surface area contributed by atoms with Crippen LogP contribution in [0.2, 0.25) is 0 Å². The van der Waals surface area contributed by atoms with Crippen LogP contribution in [0.15, 0.2) is 41.1 Å². The molecule has 15 heavy (non-hydrogen) atoms. The predicted molar refractivity (Wildman–Crippen MR) is 65.0 cm³/mol. The molecule has 2 rings (SSSR count). The van der Waals surface area contributed by atoms with Crippen LogP contribution in [0.25, 0.3) is 0 Å². The quantitative estimate of drug-likeness (QED) is 0.925. The lowest BCUT2D eigenvalue weighted by atomic mass is 10.2. The van der Waals surface area contributed by atoms with Crippen molar-refractivity contribution in [1.82, 2.24) is 9.55 Å². The van der Waals surface area contributed by atoms with Gasteiger partial charge in [0.05, 0.1) is 6.54 Å². The average molecular weight is 266 g/mol. The Morgan fingerprint density at radius 1 is 1.40 bits per heavy atom. The van der Waals surface area contributed by atoms with Crippen LogP contribution in [0.3, 0.4) is 0 Å². The molecule has 0 radical (unpaired) electrons. The van der Waals surface area contributed by atoms with Crippen molar-refractivity contribution in [3.63, 3.8) is 0 Å². The maximum absolute atomic E-state index is 4.20. The first kappa shape index (κ1) is 10.2. The summed E-state index contributed by atoms with van der Waals surface area (Å²) in [6, 6.07) is 8.20. The van der Waals surface area contributed by atoms with Crippen LogP contribution >= 0.6 is 15.9 Å². The van der Waals surface area contributed by atoms with Crippen molar-refractivity contribution in [2.24, 2.45) is 0 Å². The van der Waals surface area contributed by atoms with Gasteiger partial charge in [-0.3, -0.25) is 0 Å². The third-order valence-electron chi connectivity index (χ3n) is 2.24. The first-order chi connectivity index (χ1) is 7.31. The van der Waals surface area contributed by atoms with Crippen molar-refractivity contribution in [2.75, 3.05) is 12.4 Å². The molecule has 4 heteroatoms. The van der Waals surface area contributed by atoms with E-state index in [0.29, 0.717) is 0 Å². The number of rotatable bonds is 3. The minimum Gasteiger partial charge on any atom is -0.359 e. The maximum Gasteiger partial charge on any atom is 0.202 e. The van der Waals surface area contributed by atoms with Crippen molar-refractivity contribution < 1.29 is 0 Å². The molecule has 1 aromatic carbocycles. The molecule has 78 valence electrons. The molecule has 0 aliphatic heterocycles. The minimum absolute atomic E-state index is 0.817. The molecule has 3 nitrogen and oxygen atoms in total. The van der Waals surface area contributed by atoms with E-state index in [0.717, 1.165) is 17.0 Å². The van der Waals surface area contributed by atoms with Crippen LogP contribution < -0.4 is 5.32 Å². The van der Waals surface area contributed by atoms with Gasteiger partial charge in [0, 0.05) is 23.9 Å². The highest BCUT2D eigenvalue weighted by Crippen LogP contribution is 2.18. The fraction of sp³-hybridized carbons (Fsp3) is 0.182. The van der Waals surface area contributed by atoms with E-state index in [1.807, 2.05) is 31.4 Å². The molecule has 0 amide bonds. The lowest BCUT2D eigenvalue weighted by molar-refractivity contribution is 0.802. The first-order valence-electron chi connectivity index (χ1n) is 4.73. The lowest BCUT2D eigenvalue weighted by Crippen LogP contribution is -2.04. The highest BCUT2D eigenvalue weighted by molar-refractivity contribution is 9.10. The van der Waals surface area contributed by atoms with E-state index in [9.17, 15) is 0 Å². The summed E-state index contributed by atoms with van der Waals surface area (Å²) in [6.07, 6.45) is 3.76. The fourth-order valence-corrected chi connectivity index (χ4v) is 1.89. The van der Waals surface area contributed by atoms with E-state index in [4.69, 9.17) is 0 Å². The van der Waals surface area contributed by atoms with Gasteiger partial charge in [-0.1, -0.05) is 34.1 Å². The van der Waals surface area contributed by atoms with Gasteiger partial charge in [-0.15, -0.1) is 0 Å². The number of nitrogens with one attached hydrogen (secondary N) is 1. The summed E-state index contributed by atoms with van der Waals surface area (Å²) >= 11 is 3.53. The summed E-state index contributed by atoms with van der Waals surface area (Å²) in [7, 11) is 1.87. The molecule has 0 atom stereocenters. The molecular weight excluding hydrogens is 254 g/mol. The van der Waals surface area contributed by atoms with Crippen molar-refractivity contribution >= 4 is 21.9 Å². The molecule has 0 aliphatic carbocycles. The van der Waals surface area contributed by atoms with Gasteiger partial charge >= 0.3 is 0 Å². The van der Waals surface area contributed by atoms with Gasteiger partial charge in [0.25, 0.3) is 0 Å². The molecule has 0 unspecified atom stereocenters. The molecule has 2 aromatic rings. The molecular formula is C11H12BrN3. The van der Waals surface area contributed by atoms with Gasteiger partial charge in [-0.05, 0) is 11.6 Å². The van der Waals surface area contributed by atoms with E-state index in [2.05, 4.69) is 36.9 Å². The smallest absolute Gasteiger partial charge is 0.202 e. The second-order valence-electron chi connectivity index (χ2n) is 3.22. The highest BCUT2D eigenvalue weighted by Gasteiger charge is 2.03. The minimum atomic E-state index is 0.817. The second-order valence-corrected chi connectivity index (χ2v) is 4.07. The number of imidazole rings is 1. The summed E-state index contributed by atoms with van der Waals surface area (Å²) in [5, 5.41) is 3.05. The molecule has 0 bridgehead atoms. The Balaban J connectivity index is 2.26. The van der Waals surface area contributed by atoms with Gasteiger partial charge < -0.3 is 9.88 Å². The van der Waals surface area contributed by atoms with E-state index in [1.165, 1.54) is 5.56 Å². The second kappa shape index (κ2) is 4.49. The Hall–Kier alpha value is -1.29. The maximum atomic E-state index is 4.20. The van der Waals surface area contributed by atoms with Crippen molar-refractivity contribution in [3.05, 3.63) is 46.7 Å². The van der Waals surface area contributed by atoms with Crippen molar-refractivity contribution in [1.29, 1.82) is 0 Å². The molecule has 0 fully saturated rings. The van der Waals surface area contributed by atoms with Gasteiger partial charge in [-0.25, -0.2) is 4.98 Å². The molecule has 0 saturated heterocycles. The van der Waals surface area contributed by atoms with Crippen LogP contribution in [-0.2, 0) is 6.54 Å². The number of hydrogen-bond acceptors (Lipinski definition) is 2. The first-order valence-corrected chi connectivity index (χ1v) is 5.53. The number of hydrogen-bond donors (Lipinski definition) is 1. The van der Waals surface area contributed by atoms with E-state index >= 15 is 0 Å². The van der Waals surface area contributed by atoms with Crippen LogP contribution in [0.4, 0.5) is 5.95 Å². The zero-order valence-corrected chi connectivity index (χ0v) is 10.0. The van der Waals surface area contributed by atoms with Crippen LogP contribution in [-0.4, -0.2) is 16.6 Å². The third kappa shape index (κ3) is 2.21. The molecule has 0 aliphatic rings. The number of benzene rings is 1. The average Bonchev–Trinajstić information content (AvgIpc) is 2.69. The topological polar surface area (TPSA) is 29.9 Å².